The maximum absolute atomic E-state index is 13.7. The van der Waals surface area contributed by atoms with Crippen molar-refractivity contribution in [3.05, 3.63) is 101 Å². The fourth-order valence-corrected chi connectivity index (χ4v) is 5.39. The zero-order chi connectivity index (χ0) is 28.5. The number of piperidine rings is 1. The highest BCUT2D eigenvalue weighted by Crippen LogP contribution is 2.32. The van der Waals surface area contributed by atoms with Crippen molar-refractivity contribution >= 4 is 17.5 Å². The average molecular weight is 542 g/mol. The predicted octanol–water partition coefficient (Wildman–Crippen LogP) is 5.25. The molecular weight excluding hydrogens is 498 g/mol. The molecule has 4 rings (SSSR count). The van der Waals surface area contributed by atoms with E-state index in [1.54, 1.807) is 0 Å². The fourth-order valence-electron chi connectivity index (χ4n) is 5.39. The van der Waals surface area contributed by atoms with Gasteiger partial charge < -0.3 is 20.6 Å². The Morgan fingerprint density at radius 2 is 1.70 bits per heavy atom. The summed E-state index contributed by atoms with van der Waals surface area (Å²) in [5, 5.41) is 17.5. The van der Waals surface area contributed by atoms with Crippen LogP contribution in [0.3, 0.4) is 0 Å². The second-order valence-electron chi connectivity index (χ2n) is 11.2. The smallest absolute Gasteiger partial charge is 0.251 e. The maximum atomic E-state index is 13.7. The number of aliphatic hydroxyl groups excluding tert-OH is 1. The van der Waals surface area contributed by atoms with E-state index in [-0.39, 0.29) is 23.8 Å². The third kappa shape index (κ3) is 8.03. The molecule has 6 nitrogen and oxygen atoms in total. The molecule has 3 N–H and O–H groups in total. The lowest BCUT2D eigenvalue weighted by molar-refractivity contribution is -0.119. The van der Waals surface area contributed by atoms with E-state index in [2.05, 4.69) is 35.8 Å². The Morgan fingerprint density at radius 3 is 2.38 bits per heavy atom. The predicted molar refractivity (Wildman–Crippen MR) is 162 cm³/mol. The molecule has 3 aromatic carbocycles. The number of carbonyl (C=O) groups excluding carboxylic acids is 2. The minimum absolute atomic E-state index is 0.0873. The van der Waals surface area contributed by atoms with Crippen molar-refractivity contribution < 1.29 is 14.7 Å². The van der Waals surface area contributed by atoms with Gasteiger partial charge in [0.05, 0.1) is 12.1 Å². The summed E-state index contributed by atoms with van der Waals surface area (Å²) in [6.07, 6.45) is 2.80. The van der Waals surface area contributed by atoms with Crippen molar-refractivity contribution in [2.75, 3.05) is 18.0 Å². The number of rotatable bonds is 12. The molecule has 1 saturated heterocycles. The van der Waals surface area contributed by atoms with Gasteiger partial charge in [0.2, 0.25) is 5.91 Å². The molecule has 0 bridgehead atoms. The first kappa shape index (κ1) is 29.5. The third-order valence-corrected chi connectivity index (χ3v) is 7.59. The van der Waals surface area contributed by atoms with Crippen molar-refractivity contribution in [2.45, 2.75) is 77.0 Å². The van der Waals surface area contributed by atoms with Crippen LogP contribution in [0.5, 0.6) is 0 Å². The molecule has 0 saturated carbocycles. The van der Waals surface area contributed by atoms with E-state index in [1.807, 2.05) is 79.4 Å². The van der Waals surface area contributed by atoms with Gasteiger partial charge in [-0.1, -0.05) is 87.9 Å². The number of hydrogen-bond donors (Lipinski definition) is 3. The zero-order valence-electron chi connectivity index (χ0n) is 24.0. The summed E-state index contributed by atoms with van der Waals surface area (Å²) in [7, 11) is 0. The molecule has 0 radical (unpaired) electrons. The van der Waals surface area contributed by atoms with Crippen LogP contribution in [0.15, 0.2) is 78.9 Å². The van der Waals surface area contributed by atoms with Crippen LogP contribution < -0.4 is 15.5 Å². The topological polar surface area (TPSA) is 81.7 Å². The van der Waals surface area contributed by atoms with Gasteiger partial charge in [0.15, 0.2) is 0 Å². The van der Waals surface area contributed by atoms with Gasteiger partial charge in [0.25, 0.3) is 5.91 Å². The quantitative estimate of drug-likeness (QED) is 0.293. The van der Waals surface area contributed by atoms with Crippen LogP contribution in [0.25, 0.3) is 0 Å². The summed E-state index contributed by atoms with van der Waals surface area (Å²) in [5.41, 5.74) is 4.58. The van der Waals surface area contributed by atoms with Crippen molar-refractivity contribution in [1.82, 2.24) is 10.6 Å². The van der Waals surface area contributed by atoms with Crippen LogP contribution >= 0.6 is 0 Å². The molecular formula is C34H43N3O3. The normalized spacial score (nSPS) is 17.1. The molecule has 1 heterocycles. The number of nitrogens with one attached hydrogen (secondary N) is 2. The lowest BCUT2D eigenvalue weighted by Crippen LogP contribution is -2.49. The lowest BCUT2D eigenvalue weighted by atomic mass is 9.89. The molecule has 1 fully saturated rings. The summed E-state index contributed by atoms with van der Waals surface area (Å²) in [5.74, 6) is 0.0991. The molecule has 0 aromatic heterocycles. The van der Waals surface area contributed by atoms with Gasteiger partial charge in [0.1, 0.15) is 0 Å². The highest BCUT2D eigenvalue weighted by Gasteiger charge is 2.29. The average Bonchev–Trinajstić information content (AvgIpc) is 2.96. The Hall–Kier alpha value is -3.48. The van der Waals surface area contributed by atoms with Crippen molar-refractivity contribution in [1.29, 1.82) is 0 Å². The summed E-state index contributed by atoms with van der Waals surface area (Å²) in [6.45, 7) is 7.14. The molecule has 212 valence electrons. The highest BCUT2D eigenvalue weighted by molar-refractivity contribution is 5.99. The van der Waals surface area contributed by atoms with E-state index in [4.69, 9.17) is 0 Å². The van der Waals surface area contributed by atoms with Crippen molar-refractivity contribution in [3.63, 3.8) is 0 Å². The van der Waals surface area contributed by atoms with Gasteiger partial charge in [-0.15, -0.1) is 0 Å². The monoisotopic (exact) mass is 541 g/mol. The van der Waals surface area contributed by atoms with E-state index in [0.717, 1.165) is 36.1 Å². The molecule has 3 unspecified atom stereocenters. The Balaban J connectivity index is 1.59. The Morgan fingerprint density at radius 1 is 1.00 bits per heavy atom. The van der Waals surface area contributed by atoms with Gasteiger partial charge in [-0.05, 0) is 54.2 Å². The fraction of sp³-hybridized carbons (Fsp3) is 0.412. The van der Waals surface area contributed by atoms with Gasteiger partial charge in [-0.3, -0.25) is 9.59 Å². The van der Waals surface area contributed by atoms with Crippen LogP contribution in [0.1, 0.15) is 73.0 Å². The van der Waals surface area contributed by atoms with Crippen molar-refractivity contribution in [3.8, 4) is 0 Å². The molecule has 40 heavy (non-hydrogen) atoms. The van der Waals surface area contributed by atoms with E-state index in [9.17, 15) is 14.7 Å². The van der Waals surface area contributed by atoms with E-state index >= 15 is 0 Å². The van der Waals surface area contributed by atoms with Crippen LogP contribution in [-0.4, -0.2) is 48.2 Å². The summed E-state index contributed by atoms with van der Waals surface area (Å²) >= 11 is 0. The van der Waals surface area contributed by atoms with Gasteiger partial charge in [-0.25, -0.2) is 0 Å². The second kappa shape index (κ2) is 14.2. The standard InChI is InChI=1S/C34H43N3O3/c1-4-11-26-18-29(21-30(19-26)37-23-28(16-17-33(37)39)27-14-9-6-10-15-27)34(40)36-31(32(38)22-35-24(2)3)20-25-12-7-5-8-13-25/h5-10,12-15,18-19,21,24,28,31-32,35,38H,4,11,16-17,20,22-23H2,1-3H3,(H,36,40). The third-order valence-electron chi connectivity index (χ3n) is 7.59. The molecule has 1 aliphatic rings. The molecule has 6 heteroatoms. The van der Waals surface area contributed by atoms with Gasteiger partial charge in [0, 0.05) is 42.7 Å². The minimum atomic E-state index is -0.764. The lowest BCUT2D eigenvalue weighted by Gasteiger charge is -2.33. The first-order valence-corrected chi connectivity index (χ1v) is 14.6. The van der Waals surface area contributed by atoms with Gasteiger partial charge >= 0.3 is 0 Å². The number of hydrogen-bond acceptors (Lipinski definition) is 4. The van der Waals surface area contributed by atoms with E-state index in [1.165, 1.54) is 5.56 Å². The number of aliphatic hydroxyl groups is 1. The maximum Gasteiger partial charge on any atom is 0.251 e. The highest BCUT2D eigenvalue weighted by atomic mass is 16.3. The summed E-state index contributed by atoms with van der Waals surface area (Å²) < 4.78 is 0. The molecule has 1 aliphatic heterocycles. The van der Waals surface area contributed by atoms with Crippen LogP contribution in [-0.2, 0) is 17.6 Å². The minimum Gasteiger partial charge on any atom is -0.390 e. The molecule has 3 aromatic rings. The Labute approximate surface area is 238 Å². The molecule has 2 amide bonds. The molecule has 0 spiro atoms. The number of anilines is 1. The van der Waals surface area contributed by atoms with Crippen LogP contribution in [0, 0.1) is 0 Å². The van der Waals surface area contributed by atoms with Crippen LogP contribution in [0.2, 0.25) is 0 Å². The van der Waals surface area contributed by atoms with Gasteiger partial charge in [-0.2, -0.15) is 0 Å². The van der Waals surface area contributed by atoms with Crippen molar-refractivity contribution in [2.24, 2.45) is 0 Å². The number of benzene rings is 3. The first-order valence-electron chi connectivity index (χ1n) is 14.6. The summed E-state index contributed by atoms with van der Waals surface area (Å²) in [4.78, 5) is 28.7. The largest absolute Gasteiger partial charge is 0.390 e. The Kier molecular flexibility index (Phi) is 10.5. The first-order chi connectivity index (χ1) is 19.3. The molecule has 3 atom stereocenters. The number of amides is 2. The second-order valence-corrected chi connectivity index (χ2v) is 11.2. The number of carbonyl (C=O) groups is 2. The van der Waals surface area contributed by atoms with Crippen LogP contribution in [0.4, 0.5) is 5.69 Å². The number of aryl methyl sites for hydroxylation is 1. The molecule has 0 aliphatic carbocycles. The number of nitrogens with zero attached hydrogens (tertiary/aromatic N) is 1. The van der Waals surface area contributed by atoms with E-state index < -0.39 is 12.1 Å². The Bertz CT molecular complexity index is 1250. The van der Waals surface area contributed by atoms with E-state index in [0.29, 0.717) is 31.5 Å². The SMILES string of the molecule is CCCc1cc(C(=O)NC(Cc2ccccc2)C(O)CNC(C)C)cc(N2CC(c3ccccc3)CCC2=O)c1. The summed E-state index contributed by atoms with van der Waals surface area (Å²) in [6, 6.07) is 25.8. The zero-order valence-corrected chi connectivity index (χ0v) is 24.0.